The van der Waals surface area contributed by atoms with Crippen molar-refractivity contribution in [3.63, 3.8) is 0 Å². The molecule has 7 nitrogen and oxygen atoms in total. The van der Waals surface area contributed by atoms with Gasteiger partial charge in [0.15, 0.2) is 0 Å². The van der Waals surface area contributed by atoms with Crippen LogP contribution in [0.5, 0.6) is 0 Å². The molecule has 2 atom stereocenters. The smallest absolute Gasteiger partial charge is 0.402 e. The highest BCUT2D eigenvalue weighted by molar-refractivity contribution is 6.32. The summed E-state index contributed by atoms with van der Waals surface area (Å²) in [5, 5.41) is 21.0. The number of hydrogen-bond donors (Lipinski definition) is 3. The summed E-state index contributed by atoms with van der Waals surface area (Å²) in [6.45, 7) is 7.88. The van der Waals surface area contributed by atoms with E-state index in [1.807, 2.05) is 32.0 Å². The van der Waals surface area contributed by atoms with Crippen LogP contribution in [-0.2, 0) is 20.7 Å². The van der Waals surface area contributed by atoms with Crippen LogP contribution in [-0.4, -0.2) is 52.9 Å². The third kappa shape index (κ3) is 5.17. The first-order valence-electron chi connectivity index (χ1n) is 8.63. The second-order valence-corrected chi connectivity index (χ2v) is 6.49. The molecule has 3 N–H and O–H groups in total. The predicted octanol–water partition coefficient (Wildman–Crippen LogP) is 0.451. The van der Waals surface area contributed by atoms with Crippen LogP contribution < -0.4 is 5.32 Å². The Morgan fingerprint density at radius 3 is 2.81 bits per heavy atom. The van der Waals surface area contributed by atoms with Crippen LogP contribution >= 0.6 is 0 Å². The molecule has 1 aliphatic heterocycles. The SMILES string of the molecule is C=CC(=O)N1CCC[C@H]1C(=O)N[C@@H](Cc1ccc(C)cc1C)OB(O)O. The molecule has 1 aromatic carbocycles. The van der Waals surface area contributed by atoms with Gasteiger partial charge < -0.3 is 24.9 Å². The Kier molecular flexibility index (Phi) is 6.96. The first-order chi connectivity index (χ1) is 12.3. The molecule has 1 heterocycles. The van der Waals surface area contributed by atoms with Crippen molar-refractivity contribution < 1.29 is 24.3 Å². The molecule has 1 aliphatic rings. The average Bonchev–Trinajstić information content (AvgIpc) is 3.05. The average molecular weight is 360 g/mol. The summed E-state index contributed by atoms with van der Waals surface area (Å²) < 4.78 is 5.05. The number of benzene rings is 1. The van der Waals surface area contributed by atoms with Gasteiger partial charge in [0.2, 0.25) is 11.8 Å². The summed E-state index contributed by atoms with van der Waals surface area (Å²) in [5.41, 5.74) is 3.05. The van der Waals surface area contributed by atoms with Gasteiger partial charge >= 0.3 is 7.32 Å². The normalized spacial score (nSPS) is 17.7. The number of carbonyl (C=O) groups excluding carboxylic acids is 2. The molecule has 0 saturated carbocycles. The minimum Gasteiger partial charge on any atom is -0.402 e. The Morgan fingerprint density at radius 1 is 1.46 bits per heavy atom. The lowest BCUT2D eigenvalue weighted by Crippen LogP contribution is -2.51. The van der Waals surface area contributed by atoms with Crippen molar-refractivity contribution in [2.75, 3.05) is 6.54 Å². The lowest BCUT2D eigenvalue weighted by atomic mass is 10.0. The Bertz CT molecular complexity index is 680. The molecular weight excluding hydrogens is 335 g/mol. The van der Waals surface area contributed by atoms with Gasteiger partial charge in [0.1, 0.15) is 12.3 Å². The molecule has 0 aromatic heterocycles. The van der Waals surface area contributed by atoms with Crippen LogP contribution in [0.15, 0.2) is 30.9 Å². The largest absolute Gasteiger partial charge is 0.635 e. The molecule has 26 heavy (non-hydrogen) atoms. The van der Waals surface area contributed by atoms with Gasteiger partial charge in [-0.05, 0) is 43.9 Å². The zero-order chi connectivity index (χ0) is 19.3. The maximum atomic E-state index is 12.6. The standard InChI is InChI=1S/C18H25BN2O5/c1-4-17(22)21-9-5-6-15(21)18(23)20-16(26-19(24)25)11-14-8-7-12(2)10-13(14)3/h4,7-8,10,15-16,24-25H,1,5-6,9,11H2,2-3H3,(H,20,23)/t15-,16+/m0/s1. The first kappa shape index (κ1) is 20.2. The summed E-state index contributed by atoms with van der Waals surface area (Å²) in [5.74, 6) is -0.676. The van der Waals surface area contributed by atoms with Gasteiger partial charge in [-0.1, -0.05) is 30.3 Å². The van der Waals surface area contributed by atoms with Crippen molar-refractivity contribution in [2.24, 2.45) is 0 Å². The van der Waals surface area contributed by atoms with E-state index in [-0.39, 0.29) is 18.2 Å². The second-order valence-electron chi connectivity index (χ2n) is 6.49. The molecule has 0 unspecified atom stereocenters. The molecule has 1 saturated heterocycles. The lowest BCUT2D eigenvalue weighted by Gasteiger charge is -2.26. The van der Waals surface area contributed by atoms with Gasteiger partial charge in [0.05, 0.1) is 0 Å². The Balaban J connectivity index is 2.10. The summed E-state index contributed by atoms with van der Waals surface area (Å²) in [4.78, 5) is 26.0. The summed E-state index contributed by atoms with van der Waals surface area (Å²) in [6.07, 6.45) is 1.81. The van der Waals surface area contributed by atoms with E-state index in [9.17, 15) is 19.6 Å². The maximum Gasteiger partial charge on any atom is 0.635 e. The number of hydrogen-bond acceptors (Lipinski definition) is 5. The maximum absolute atomic E-state index is 12.6. The summed E-state index contributed by atoms with van der Waals surface area (Å²) in [6, 6.07) is 5.25. The monoisotopic (exact) mass is 360 g/mol. The number of nitrogens with zero attached hydrogens (tertiary/aromatic N) is 1. The Hall–Kier alpha value is -2.16. The van der Waals surface area contributed by atoms with Crippen molar-refractivity contribution in [1.82, 2.24) is 10.2 Å². The fraction of sp³-hybridized carbons (Fsp3) is 0.444. The molecule has 140 valence electrons. The first-order valence-corrected chi connectivity index (χ1v) is 8.63. The van der Waals surface area contributed by atoms with E-state index < -0.39 is 19.6 Å². The molecule has 2 amide bonds. The van der Waals surface area contributed by atoms with Crippen LogP contribution in [0.3, 0.4) is 0 Å². The zero-order valence-corrected chi connectivity index (χ0v) is 15.1. The fourth-order valence-electron chi connectivity index (χ4n) is 3.23. The van der Waals surface area contributed by atoms with E-state index in [1.165, 1.54) is 11.0 Å². The summed E-state index contributed by atoms with van der Waals surface area (Å²) in [7, 11) is -2.01. The number of nitrogens with one attached hydrogen (secondary N) is 1. The minimum absolute atomic E-state index is 0.275. The van der Waals surface area contributed by atoms with Crippen LogP contribution in [0, 0.1) is 13.8 Å². The highest BCUT2D eigenvalue weighted by atomic mass is 16.6. The van der Waals surface area contributed by atoms with Crippen molar-refractivity contribution in [3.05, 3.63) is 47.5 Å². The number of amides is 2. The van der Waals surface area contributed by atoms with E-state index in [1.54, 1.807) is 0 Å². The van der Waals surface area contributed by atoms with E-state index in [4.69, 9.17) is 4.65 Å². The predicted molar refractivity (Wildman–Crippen MR) is 97.8 cm³/mol. The molecule has 1 aromatic rings. The van der Waals surface area contributed by atoms with E-state index in [2.05, 4.69) is 11.9 Å². The third-order valence-electron chi connectivity index (χ3n) is 4.51. The zero-order valence-electron chi connectivity index (χ0n) is 15.1. The van der Waals surface area contributed by atoms with E-state index in [0.29, 0.717) is 13.0 Å². The summed E-state index contributed by atoms with van der Waals surface area (Å²) >= 11 is 0. The number of likely N-dealkylation sites (tertiary alicyclic amines) is 1. The quantitative estimate of drug-likeness (QED) is 0.373. The number of aryl methyl sites for hydroxylation is 2. The fourth-order valence-corrected chi connectivity index (χ4v) is 3.23. The highest BCUT2D eigenvalue weighted by Crippen LogP contribution is 2.19. The van der Waals surface area contributed by atoms with Crippen LogP contribution in [0.2, 0.25) is 0 Å². The molecular formula is C18H25BN2O5. The van der Waals surface area contributed by atoms with Gasteiger partial charge in [-0.25, -0.2) is 0 Å². The molecule has 1 fully saturated rings. The molecule has 0 bridgehead atoms. The Labute approximate surface area is 153 Å². The van der Waals surface area contributed by atoms with Gasteiger partial charge in [-0.3, -0.25) is 9.59 Å². The van der Waals surface area contributed by atoms with Crippen LogP contribution in [0.4, 0.5) is 0 Å². The van der Waals surface area contributed by atoms with Crippen LogP contribution in [0.25, 0.3) is 0 Å². The lowest BCUT2D eigenvalue weighted by molar-refractivity contribution is -0.136. The number of rotatable bonds is 7. The van der Waals surface area contributed by atoms with Crippen molar-refractivity contribution in [2.45, 2.75) is 45.4 Å². The van der Waals surface area contributed by atoms with Gasteiger partial charge in [-0.15, -0.1) is 0 Å². The van der Waals surface area contributed by atoms with E-state index in [0.717, 1.165) is 23.1 Å². The molecule has 0 aliphatic carbocycles. The van der Waals surface area contributed by atoms with Gasteiger partial charge in [-0.2, -0.15) is 0 Å². The van der Waals surface area contributed by atoms with Gasteiger partial charge in [0, 0.05) is 13.0 Å². The minimum atomic E-state index is -2.01. The van der Waals surface area contributed by atoms with Crippen molar-refractivity contribution in [3.8, 4) is 0 Å². The highest BCUT2D eigenvalue weighted by Gasteiger charge is 2.34. The topological polar surface area (TPSA) is 99.1 Å². The van der Waals surface area contributed by atoms with Crippen LogP contribution in [0.1, 0.15) is 29.5 Å². The molecule has 0 radical (unpaired) electrons. The molecule has 2 rings (SSSR count). The van der Waals surface area contributed by atoms with Gasteiger partial charge in [0.25, 0.3) is 0 Å². The Morgan fingerprint density at radius 2 is 2.19 bits per heavy atom. The van der Waals surface area contributed by atoms with Crippen molar-refractivity contribution in [1.29, 1.82) is 0 Å². The van der Waals surface area contributed by atoms with E-state index >= 15 is 0 Å². The third-order valence-corrected chi connectivity index (χ3v) is 4.51. The molecule has 0 spiro atoms. The van der Waals surface area contributed by atoms with Crippen molar-refractivity contribution >= 4 is 19.1 Å². The number of carbonyl (C=O) groups is 2. The second kappa shape index (κ2) is 8.98. The molecule has 8 heteroatoms.